The number of rotatable bonds is 6. The minimum absolute atomic E-state index is 0.618. The van der Waals surface area contributed by atoms with Crippen LogP contribution in [0, 0.1) is 13.8 Å². The van der Waals surface area contributed by atoms with Crippen LogP contribution in [0.5, 0.6) is 0 Å². The average Bonchev–Trinajstić information content (AvgIpc) is 2.61. The lowest BCUT2D eigenvalue weighted by atomic mass is 10.1. The van der Waals surface area contributed by atoms with Gasteiger partial charge in [0.05, 0.1) is 0 Å². The van der Waals surface area contributed by atoms with E-state index in [1.54, 1.807) is 0 Å². The summed E-state index contributed by atoms with van der Waals surface area (Å²) in [6.45, 7) is 6.96. The highest BCUT2D eigenvalue weighted by Crippen LogP contribution is 2.20. The van der Waals surface area contributed by atoms with Gasteiger partial charge in [-0.15, -0.1) is 0 Å². The molecule has 1 aromatic heterocycles. The lowest BCUT2D eigenvalue weighted by Crippen LogP contribution is -2.06. The molecule has 3 aromatic rings. The molecular weight excluding hydrogens is 308 g/mol. The first kappa shape index (κ1) is 17.0. The highest BCUT2D eigenvalue weighted by atomic mass is 15.1. The number of nitrogens with one attached hydrogen (secondary N) is 2. The van der Waals surface area contributed by atoms with Crippen molar-refractivity contribution in [3.8, 4) is 0 Å². The first-order valence-electron chi connectivity index (χ1n) is 8.64. The number of aryl methyl sites for hydroxylation is 3. The molecule has 0 aliphatic heterocycles. The molecule has 0 aliphatic rings. The van der Waals surface area contributed by atoms with Gasteiger partial charge in [0.25, 0.3) is 0 Å². The van der Waals surface area contributed by atoms with Crippen LogP contribution in [0.15, 0.2) is 54.6 Å². The standard InChI is InChI=1S/C21H24N4/c1-4-18-7-5-6-8-19(18)24-21-23-16(3)13-20(25-21)22-14-17-11-9-15(2)10-12-17/h5-13H,4,14H2,1-3H3,(H2,22,23,24,25). The molecule has 0 atom stereocenters. The normalized spacial score (nSPS) is 10.5. The zero-order valence-electron chi connectivity index (χ0n) is 15.0. The van der Waals surface area contributed by atoms with Gasteiger partial charge in [0.1, 0.15) is 5.82 Å². The maximum absolute atomic E-state index is 4.60. The first-order valence-corrected chi connectivity index (χ1v) is 8.64. The number of aromatic nitrogens is 2. The Labute approximate surface area is 149 Å². The van der Waals surface area contributed by atoms with Gasteiger partial charge in [0.2, 0.25) is 5.95 Å². The van der Waals surface area contributed by atoms with Crippen LogP contribution in [0.2, 0.25) is 0 Å². The van der Waals surface area contributed by atoms with Crippen LogP contribution in [0.25, 0.3) is 0 Å². The summed E-state index contributed by atoms with van der Waals surface area (Å²) in [5.74, 6) is 1.44. The molecule has 2 aromatic carbocycles. The summed E-state index contributed by atoms with van der Waals surface area (Å²) >= 11 is 0. The van der Waals surface area contributed by atoms with Gasteiger partial charge in [0, 0.05) is 24.0 Å². The highest BCUT2D eigenvalue weighted by molar-refractivity contribution is 5.59. The van der Waals surface area contributed by atoms with E-state index in [0.29, 0.717) is 5.95 Å². The van der Waals surface area contributed by atoms with Gasteiger partial charge in [-0.05, 0) is 37.5 Å². The zero-order chi connectivity index (χ0) is 17.6. The molecule has 0 unspecified atom stereocenters. The first-order chi connectivity index (χ1) is 12.1. The molecule has 0 saturated carbocycles. The lowest BCUT2D eigenvalue weighted by Gasteiger charge is -2.12. The van der Waals surface area contributed by atoms with Crippen LogP contribution < -0.4 is 10.6 Å². The van der Waals surface area contributed by atoms with Crippen LogP contribution in [0.3, 0.4) is 0 Å². The van der Waals surface area contributed by atoms with Gasteiger partial charge in [0.15, 0.2) is 0 Å². The monoisotopic (exact) mass is 332 g/mol. The van der Waals surface area contributed by atoms with Crippen molar-refractivity contribution in [1.82, 2.24) is 9.97 Å². The Morgan fingerprint density at radius 3 is 2.44 bits per heavy atom. The fourth-order valence-electron chi connectivity index (χ4n) is 2.68. The number of hydrogen-bond donors (Lipinski definition) is 2. The van der Waals surface area contributed by atoms with Crippen LogP contribution in [-0.4, -0.2) is 9.97 Å². The van der Waals surface area contributed by atoms with E-state index in [4.69, 9.17) is 0 Å². The van der Waals surface area contributed by atoms with Crippen LogP contribution >= 0.6 is 0 Å². The topological polar surface area (TPSA) is 49.8 Å². The summed E-state index contributed by atoms with van der Waals surface area (Å²) in [7, 11) is 0. The van der Waals surface area contributed by atoms with E-state index in [2.05, 4.69) is 76.9 Å². The smallest absolute Gasteiger partial charge is 0.229 e. The molecule has 1 heterocycles. The maximum atomic E-state index is 4.60. The molecule has 0 aliphatic carbocycles. The lowest BCUT2D eigenvalue weighted by molar-refractivity contribution is 1.05. The number of para-hydroxylation sites is 1. The zero-order valence-corrected chi connectivity index (χ0v) is 15.0. The molecule has 4 heteroatoms. The van der Waals surface area contributed by atoms with Gasteiger partial charge in [-0.25, -0.2) is 4.98 Å². The second-order valence-electron chi connectivity index (χ2n) is 6.19. The Balaban J connectivity index is 1.75. The van der Waals surface area contributed by atoms with Crippen molar-refractivity contribution in [2.45, 2.75) is 33.7 Å². The van der Waals surface area contributed by atoms with Crippen LogP contribution in [0.4, 0.5) is 17.5 Å². The Kier molecular flexibility index (Phi) is 5.29. The maximum Gasteiger partial charge on any atom is 0.229 e. The van der Waals surface area contributed by atoms with Gasteiger partial charge in [-0.3, -0.25) is 0 Å². The molecule has 0 saturated heterocycles. The Hall–Kier alpha value is -2.88. The van der Waals surface area contributed by atoms with E-state index in [-0.39, 0.29) is 0 Å². The van der Waals surface area contributed by atoms with E-state index >= 15 is 0 Å². The SMILES string of the molecule is CCc1ccccc1Nc1nc(C)cc(NCc2ccc(C)cc2)n1. The van der Waals surface area contributed by atoms with Gasteiger partial charge in [-0.1, -0.05) is 55.0 Å². The number of anilines is 3. The van der Waals surface area contributed by atoms with Crippen molar-refractivity contribution < 1.29 is 0 Å². The number of nitrogens with zero attached hydrogens (tertiary/aromatic N) is 2. The Morgan fingerprint density at radius 1 is 0.920 bits per heavy atom. The molecule has 3 rings (SSSR count). The summed E-state index contributed by atoms with van der Waals surface area (Å²) in [6, 6.07) is 18.7. The van der Waals surface area contributed by atoms with Gasteiger partial charge in [-0.2, -0.15) is 4.98 Å². The van der Waals surface area contributed by atoms with E-state index in [1.807, 2.05) is 19.1 Å². The van der Waals surface area contributed by atoms with Crippen molar-refractivity contribution in [2.75, 3.05) is 10.6 Å². The number of benzene rings is 2. The molecule has 0 amide bonds. The molecule has 25 heavy (non-hydrogen) atoms. The van der Waals surface area contributed by atoms with E-state index in [9.17, 15) is 0 Å². The van der Waals surface area contributed by atoms with Crippen LogP contribution in [-0.2, 0) is 13.0 Å². The molecule has 128 valence electrons. The predicted octanol–water partition coefficient (Wildman–Crippen LogP) is 5.01. The second-order valence-corrected chi connectivity index (χ2v) is 6.19. The van der Waals surface area contributed by atoms with Crippen molar-refractivity contribution >= 4 is 17.5 Å². The minimum atomic E-state index is 0.618. The van der Waals surface area contributed by atoms with E-state index < -0.39 is 0 Å². The van der Waals surface area contributed by atoms with Crippen molar-refractivity contribution in [1.29, 1.82) is 0 Å². The molecule has 0 spiro atoms. The second kappa shape index (κ2) is 7.79. The summed E-state index contributed by atoms with van der Waals surface area (Å²) < 4.78 is 0. The molecule has 0 fully saturated rings. The van der Waals surface area contributed by atoms with Crippen molar-refractivity contribution in [3.63, 3.8) is 0 Å². The summed E-state index contributed by atoms with van der Waals surface area (Å²) in [4.78, 5) is 9.11. The molecule has 4 nitrogen and oxygen atoms in total. The third kappa shape index (κ3) is 4.57. The number of hydrogen-bond acceptors (Lipinski definition) is 4. The van der Waals surface area contributed by atoms with Crippen LogP contribution in [0.1, 0.15) is 29.3 Å². The quantitative estimate of drug-likeness (QED) is 0.666. The fourth-order valence-corrected chi connectivity index (χ4v) is 2.68. The summed E-state index contributed by atoms with van der Waals surface area (Å²) in [5, 5.41) is 6.73. The van der Waals surface area contributed by atoms with Crippen molar-refractivity contribution in [3.05, 3.63) is 77.0 Å². The predicted molar refractivity (Wildman–Crippen MR) is 104 cm³/mol. The van der Waals surface area contributed by atoms with E-state index in [0.717, 1.165) is 30.2 Å². The summed E-state index contributed by atoms with van der Waals surface area (Å²) in [6.07, 6.45) is 0.966. The largest absolute Gasteiger partial charge is 0.366 e. The third-order valence-corrected chi connectivity index (χ3v) is 4.09. The van der Waals surface area contributed by atoms with E-state index in [1.165, 1.54) is 16.7 Å². The minimum Gasteiger partial charge on any atom is -0.366 e. The molecule has 0 radical (unpaired) electrons. The summed E-state index contributed by atoms with van der Waals surface area (Å²) in [5.41, 5.74) is 5.73. The highest BCUT2D eigenvalue weighted by Gasteiger charge is 2.05. The van der Waals surface area contributed by atoms with Crippen molar-refractivity contribution in [2.24, 2.45) is 0 Å². The average molecular weight is 332 g/mol. The third-order valence-electron chi connectivity index (χ3n) is 4.09. The fraction of sp³-hybridized carbons (Fsp3) is 0.238. The molecular formula is C21H24N4. The molecule has 0 bridgehead atoms. The van der Waals surface area contributed by atoms with Gasteiger partial charge < -0.3 is 10.6 Å². The molecule has 2 N–H and O–H groups in total. The van der Waals surface area contributed by atoms with Gasteiger partial charge >= 0.3 is 0 Å². The Morgan fingerprint density at radius 2 is 1.68 bits per heavy atom. The Bertz CT molecular complexity index is 841.